The van der Waals surface area contributed by atoms with Crippen molar-refractivity contribution in [3.63, 3.8) is 0 Å². The van der Waals surface area contributed by atoms with E-state index in [0.717, 1.165) is 24.8 Å². The van der Waals surface area contributed by atoms with E-state index < -0.39 is 30.2 Å². The molecule has 0 heterocycles. The summed E-state index contributed by atoms with van der Waals surface area (Å²) in [6.07, 6.45) is -1.42. The highest BCUT2D eigenvalue weighted by Crippen LogP contribution is 2.48. The number of halogens is 3. The maximum Gasteiger partial charge on any atom is 0.419 e. The first-order chi connectivity index (χ1) is 9.83. The molecule has 0 radical (unpaired) electrons. The minimum atomic E-state index is -4.83. The van der Waals surface area contributed by atoms with Crippen molar-refractivity contribution in [1.82, 2.24) is 0 Å². The fourth-order valence-electron chi connectivity index (χ4n) is 3.39. The van der Waals surface area contributed by atoms with Crippen LogP contribution in [0.5, 0.6) is 0 Å². The normalized spacial score (nSPS) is 21.8. The Morgan fingerprint density at radius 2 is 1.57 bits per heavy atom. The Hall–Kier alpha value is -1.07. The van der Waals surface area contributed by atoms with Crippen molar-refractivity contribution in [3.05, 3.63) is 35.9 Å². The van der Waals surface area contributed by atoms with Gasteiger partial charge in [0.25, 0.3) is 0 Å². The molecule has 0 saturated heterocycles. The third-order valence-corrected chi connectivity index (χ3v) is 4.62. The topological polar surface area (TPSA) is 40.5 Å². The first kappa shape index (κ1) is 16.3. The Morgan fingerprint density at radius 1 is 1.00 bits per heavy atom. The molecule has 118 valence electrons. The van der Waals surface area contributed by atoms with Crippen LogP contribution in [0.25, 0.3) is 0 Å². The third-order valence-electron chi connectivity index (χ3n) is 4.62. The summed E-state index contributed by atoms with van der Waals surface area (Å²) in [6, 6.07) is 9.07. The van der Waals surface area contributed by atoms with Gasteiger partial charge < -0.3 is 10.2 Å². The van der Waals surface area contributed by atoms with E-state index in [4.69, 9.17) is 5.11 Å². The number of aliphatic hydroxyl groups is 2. The van der Waals surface area contributed by atoms with Crippen LogP contribution in [-0.2, 0) is 5.41 Å². The molecule has 0 spiro atoms. The molecule has 1 unspecified atom stereocenters. The zero-order valence-electron chi connectivity index (χ0n) is 11.9. The van der Waals surface area contributed by atoms with E-state index in [1.54, 1.807) is 12.1 Å². The minimum absolute atomic E-state index is 0.482. The smallest absolute Gasteiger partial charge is 0.393 e. The van der Waals surface area contributed by atoms with Crippen molar-refractivity contribution < 1.29 is 23.4 Å². The molecule has 21 heavy (non-hydrogen) atoms. The van der Waals surface area contributed by atoms with Crippen LogP contribution in [-0.4, -0.2) is 28.6 Å². The van der Waals surface area contributed by atoms with Crippen LogP contribution in [0.3, 0.4) is 0 Å². The van der Waals surface area contributed by atoms with Gasteiger partial charge >= 0.3 is 6.18 Å². The standard InChI is InChI=1S/C16H21F3O2/c17-16(18,19)15(21,12-20)11-14(9-5-2-6-10-14)13-7-3-1-4-8-13/h1,3-4,7-8,20-21H,2,5-6,9-12H2. The molecular weight excluding hydrogens is 281 g/mol. The molecule has 0 bridgehead atoms. The summed E-state index contributed by atoms with van der Waals surface area (Å²) < 4.78 is 39.4. The molecule has 2 nitrogen and oxygen atoms in total. The average Bonchev–Trinajstić information content (AvgIpc) is 2.48. The van der Waals surface area contributed by atoms with Gasteiger partial charge in [-0.15, -0.1) is 0 Å². The minimum Gasteiger partial charge on any atom is -0.393 e. The van der Waals surface area contributed by atoms with E-state index in [9.17, 15) is 18.3 Å². The quantitative estimate of drug-likeness (QED) is 0.892. The van der Waals surface area contributed by atoms with Gasteiger partial charge in [0, 0.05) is 0 Å². The van der Waals surface area contributed by atoms with Crippen LogP contribution in [0.15, 0.2) is 30.3 Å². The van der Waals surface area contributed by atoms with Gasteiger partial charge in [-0.05, 0) is 30.2 Å². The predicted octanol–water partition coefficient (Wildman–Crippen LogP) is 3.56. The maximum absolute atomic E-state index is 13.1. The van der Waals surface area contributed by atoms with E-state index in [1.807, 2.05) is 18.2 Å². The Kier molecular flexibility index (Phi) is 4.63. The summed E-state index contributed by atoms with van der Waals surface area (Å²) in [5, 5.41) is 19.1. The Balaban J connectivity index is 2.38. The first-order valence-electron chi connectivity index (χ1n) is 7.29. The second-order valence-corrected chi connectivity index (χ2v) is 6.07. The fourth-order valence-corrected chi connectivity index (χ4v) is 3.39. The third kappa shape index (κ3) is 3.24. The molecule has 1 atom stereocenters. The Bertz CT molecular complexity index is 452. The monoisotopic (exact) mass is 302 g/mol. The molecule has 1 saturated carbocycles. The zero-order chi connectivity index (χ0) is 15.6. The molecule has 1 fully saturated rings. The van der Waals surface area contributed by atoms with Gasteiger partial charge in [-0.25, -0.2) is 0 Å². The molecule has 0 aliphatic heterocycles. The largest absolute Gasteiger partial charge is 0.419 e. The van der Waals surface area contributed by atoms with Gasteiger partial charge in [0.15, 0.2) is 5.60 Å². The van der Waals surface area contributed by atoms with Crippen molar-refractivity contribution in [1.29, 1.82) is 0 Å². The van der Waals surface area contributed by atoms with Crippen LogP contribution in [0.1, 0.15) is 44.1 Å². The predicted molar refractivity (Wildman–Crippen MR) is 73.9 cm³/mol. The van der Waals surface area contributed by atoms with Crippen LogP contribution in [0.4, 0.5) is 13.2 Å². The molecule has 1 aromatic rings. The molecule has 5 heteroatoms. The van der Waals surface area contributed by atoms with Crippen LogP contribution < -0.4 is 0 Å². The fraction of sp³-hybridized carbons (Fsp3) is 0.625. The van der Waals surface area contributed by atoms with Crippen molar-refractivity contribution >= 4 is 0 Å². The summed E-state index contributed by atoms with van der Waals surface area (Å²) in [5.74, 6) is 0. The van der Waals surface area contributed by atoms with Gasteiger partial charge in [0.2, 0.25) is 0 Å². The lowest BCUT2D eigenvalue weighted by Crippen LogP contribution is -2.53. The number of aliphatic hydroxyl groups excluding tert-OH is 1. The molecule has 1 aliphatic rings. The molecule has 2 rings (SSSR count). The summed E-state index contributed by atoms with van der Waals surface area (Å²) in [7, 11) is 0. The van der Waals surface area contributed by atoms with Gasteiger partial charge in [-0.3, -0.25) is 0 Å². The number of hydrogen-bond donors (Lipinski definition) is 2. The molecule has 2 N–H and O–H groups in total. The maximum atomic E-state index is 13.1. The van der Waals surface area contributed by atoms with E-state index >= 15 is 0 Å². The van der Waals surface area contributed by atoms with Crippen LogP contribution in [0.2, 0.25) is 0 Å². The van der Waals surface area contributed by atoms with E-state index in [-0.39, 0.29) is 0 Å². The van der Waals surface area contributed by atoms with E-state index in [0.29, 0.717) is 12.8 Å². The highest BCUT2D eigenvalue weighted by molar-refractivity contribution is 5.27. The van der Waals surface area contributed by atoms with Gasteiger partial charge in [0.1, 0.15) is 0 Å². The number of benzene rings is 1. The van der Waals surface area contributed by atoms with Crippen LogP contribution in [0, 0.1) is 0 Å². The second kappa shape index (κ2) is 5.97. The summed E-state index contributed by atoms with van der Waals surface area (Å²) in [5.41, 5.74) is -2.94. The highest BCUT2D eigenvalue weighted by atomic mass is 19.4. The van der Waals surface area contributed by atoms with Gasteiger partial charge in [0.05, 0.1) is 6.61 Å². The molecule has 0 amide bonds. The number of rotatable bonds is 4. The lowest BCUT2D eigenvalue weighted by molar-refractivity contribution is -0.278. The van der Waals surface area contributed by atoms with E-state index in [1.165, 1.54) is 0 Å². The van der Waals surface area contributed by atoms with E-state index in [2.05, 4.69) is 0 Å². The SMILES string of the molecule is OCC(O)(CC1(c2ccccc2)CCCCC1)C(F)(F)F. The van der Waals surface area contributed by atoms with Crippen molar-refractivity contribution in [2.24, 2.45) is 0 Å². The summed E-state index contributed by atoms with van der Waals surface area (Å²) in [6.45, 7) is -1.30. The lowest BCUT2D eigenvalue weighted by Gasteiger charge is -2.43. The van der Waals surface area contributed by atoms with Crippen molar-refractivity contribution in [2.45, 2.75) is 55.7 Å². The van der Waals surface area contributed by atoms with Crippen molar-refractivity contribution in [2.75, 3.05) is 6.61 Å². The van der Waals surface area contributed by atoms with Crippen molar-refractivity contribution in [3.8, 4) is 0 Å². The zero-order valence-corrected chi connectivity index (χ0v) is 11.9. The molecule has 0 aromatic heterocycles. The lowest BCUT2D eigenvalue weighted by atomic mass is 9.64. The first-order valence-corrected chi connectivity index (χ1v) is 7.29. The molecule has 1 aromatic carbocycles. The Labute approximate surface area is 122 Å². The molecular formula is C16H21F3O2. The summed E-state index contributed by atoms with van der Waals surface area (Å²) in [4.78, 5) is 0. The second-order valence-electron chi connectivity index (χ2n) is 6.07. The Morgan fingerprint density at radius 3 is 2.05 bits per heavy atom. The number of hydrogen-bond acceptors (Lipinski definition) is 2. The number of alkyl halides is 3. The van der Waals surface area contributed by atoms with Crippen LogP contribution >= 0.6 is 0 Å². The molecule has 1 aliphatic carbocycles. The van der Waals surface area contributed by atoms with Gasteiger partial charge in [-0.1, -0.05) is 49.6 Å². The highest BCUT2D eigenvalue weighted by Gasteiger charge is 2.57. The summed E-state index contributed by atoms with van der Waals surface area (Å²) >= 11 is 0. The average molecular weight is 302 g/mol. The van der Waals surface area contributed by atoms with Gasteiger partial charge in [-0.2, -0.15) is 13.2 Å².